The summed E-state index contributed by atoms with van der Waals surface area (Å²) in [5.41, 5.74) is 2.88. The first-order valence-corrected chi connectivity index (χ1v) is 7.59. The highest BCUT2D eigenvalue weighted by Gasteiger charge is 2.12. The van der Waals surface area contributed by atoms with Crippen LogP contribution in [0.15, 0.2) is 46.9 Å². The third-order valence-electron chi connectivity index (χ3n) is 3.57. The number of aromatic nitrogens is 1. The summed E-state index contributed by atoms with van der Waals surface area (Å²) in [6, 6.07) is 12.4. The number of hydrogen-bond donors (Lipinski definition) is 2. The number of nitrogens with zero attached hydrogens (tertiary/aromatic N) is 1. The number of fused-ring (bicyclic) bond motifs is 1. The maximum Gasteiger partial charge on any atom is 0.241 e. The SMILES string of the molecule is CN[C@@H](C)C(=O)Nc1ccc2oc(-c3ccc(Cl)cc3)nc2c1. The molecule has 6 heteroatoms. The maximum absolute atomic E-state index is 11.9. The Morgan fingerprint density at radius 2 is 1.96 bits per heavy atom. The summed E-state index contributed by atoms with van der Waals surface area (Å²) in [7, 11) is 1.74. The van der Waals surface area contributed by atoms with Gasteiger partial charge in [0.25, 0.3) is 0 Å². The van der Waals surface area contributed by atoms with E-state index >= 15 is 0 Å². The summed E-state index contributed by atoms with van der Waals surface area (Å²) in [5, 5.41) is 6.40. The van der Waals surface area contributed by atoms with Crippen LogP contribution in [0, 0.1) is 0 Å². The van der Waals surface area contributed by atoms with Crippen LogP contribution >= 0.6 is 11.6 Å². The number of carbonyl (C=O) groups excluding carboxylic acids is 1. The fourth-order valence-electron chi connectivity index (χ4n) is 2.10. The van der Waals surface area contributed by atoms with E-state index in [9.17, 15) is 4.79 Å². The standard InChI is InChI=1S/C17H16ClN3O2/c1-10(19-2)16(22)20-13-7-8-15-14(9-13)21-17(23-15)11-3-5-12(18)6-4-11/h3-10,19H,1-2H3,(H,20,22)/t10-/m0/s1. The third kappa shape index (κ3) is 3.36. The monoisotopic (exact) mass is 329 g/mol. The van der Waals surface area contributed by atoms with Crippen LogP contribution in [-0.4, -0.2) is 24.0 Å². The zero-order valence-electron chi connectivity index (χ0n) is 12.8. The van der Waals surface area contributed by atoms with Gasteiger partial charge in [-0.05, 0) is 56.4 Å². The molecule has 0 aliphatic rings. The minimum atomic E-state index is -0.271. The zero-order chi connectivity index (χ0) is 16.4. The average Bonchev–Trinajstić information content (AvgIpc) is 2.97. The molecular weight excluding hydrogens is 314 g/mol. The minimum absolute atomic E-state index is 0.103. The van der Waals surface area contributed by atoms with Crippen molar-refractivity contribution in [1.82, 2.24) is 10.3 Å². The molecule has 118 valence electrons. The molecule has 0 aliphatic carbocycles. The molecule has 1 aromatic heterocycles. The van der Waals surface area contributed by atoms with E-state index in [1.165, 1.54) is 0 Å². The lowest BCUT2D eigenvalue weighted by atomic mass is 10.2. The van der Waals surface area contributed by atoms with E-state index < -0.39 is 0 Å². The van der Waals surface area contributed by atoms with Crippen LogP contribution in [-0.2, 0) is 4.79 Å². The second-order valence-electron chi connectivity index (χ2n) is 5.21. The molecule has 0 bridgehead atoms. The molecule has 0 fully saturated rings. The number of amides is 1. The quantitative estimate of drug-likeness (QED) is 0.766. The number of anilines is 1. The maximum atomic E-state index is 11.9. The summed E-state index contributed by atoms with van der Waals surface area (Å²) in [4.78, 5) is 16.4. The number of rotatable bonds is 4. The summed E-state index contributed by atoms with van der Waals surface area (Å²) < 4.78 is 5.74. The van der Waals surface area contributed by atoms with Crippen LogP contribution in [0.4, 0.5) is 5.69 Å². The highest BCUT2D eigenvalue weighted by Crippen LogP contribution is 2.27. The molecule has 3 rings (SSSR count). The normalized spacial score (nSPS) is 12.3. The molecule has 23 heavy (non-hydrogen) atoms. The van der Waals surface area contributed by atoms with Gasteiger partial charge >= 0.3 is 0 Å². The second kappa shape index (κ2) is 6.40. The largest absolute Gasteiger partial charge is 0.436 e. The Hall–Kier alpha value is -2.37. The van der Waals surface area contributed by atoms with Crippen molar-refractivity contribution in [2.24, 2.45) is 0 Å². The van der Waals surface area contributed by atoms with Crippen LogP contribution in [0.3, 0.4) is 0 Å². The molecule has 0 saturated carbocycles. The Kier molecular flexibility index (Phi) is 4.32. The number of halogens is 1. The first-order valence-electron chi connectivity index (χ1n) is 7.21. The van der Waals surface area contributed by atoms with E-state index in [0.29, 0.717) is 27.7 Å². The van der Waals surface area contributed by atoms with Gasteiger partial charge in [-0.1, -0.05) is 11.6 Å². The van der Waals surface area contributed by atoms with Crippen molar-refractivity contribution in [3.05, 3.63) is 47.5 Å². The minimum Gasteiger partial charge on any atom is -0.436 e. The number of benzene rings is 2. The van der Waals surface area contributed by atoms with E-state index in [-0.39, 0.29) is 11.9 Å². The molecule has 1 atom stereocenters. The number of likely N-dealkylation sites (N-methyl/N-ethyl adjacent to an activating group) is 1. The smallest absolute Gasteiger partial charge is 0.241 e. The van der Waals surface area contributed by atoms with Gasteiger partial charge in [0, 0.05) is 16.3 Å². The molecule has 2 aromatic carbocycles. The van der Waals surface area contributed by atoms with Crippen LogP contribution in [0.2, 0.25) is 5.02 Å². The molecule has 0 saturated heterocycles. The molecule has 0 aliphatic heterocycles. The van der Waals surface area contributed by atoms with Gasteiger partial charge in [-0.2, -0.15) is 0 Å². The van der Waals surface area contributed by atoms with Gasteiger partial charge in [0.05, 0.1) is 6.04 Å². The van der Waals surface area contributed by atoms with Crippen LogP contribution < -0.4 is 10.6 Å². The van der Waals surface area contributed by atoms with Crippen molar-refractivity contribution in [2.45, 2.75) is 13.0 Å². The zero-order valence-corrected chi connectivity index (χ0v) is 13.5. The fraction of sp³-hybridized carbons (Fsp3) is 0.176. The van der Waals surface area contributed by atoms with Gasteiger partial charge in [-0.25, -0.2) is 4.98 Å². The molecule has 3 aromatic rings. The van der Waals surface area contributed by atoms with Crippen LogP contribution in [0.25, 0.3) is 22.6 Å². The number of nitrogens with one attached hydrogen (secondary N) is 2. The lowest BCUT2D eigenvalue weighted by Crippen LogP contribution is -2.35. The number of carbonyl (C=O) groups is 1. The molecule has 5 nitrogen and oxygen atoms in total. The van der Waals surface area contributed by atoms with Crippen molar-refractivity contribution in [3.63, 3.8) is 0 Å². The highest BCUT2D eigenvalue weighted by molar-refractivity contribution is 6.30. The highest BCUT2D eigenvalue weighted by atomic mass is 35.5. The Balaban J connectivity index is 1.89. The Morgan fingerprint density at radius 1 is 1.22 bits per heavy atom. The van der Waals surface area contributed by atoms with Crippen LogP contribution in [0.5, 0.6) is 0 Å². The molecule has 0 unspecified atom stereocenters. The van der Waals surface area contributed by atoms with Crippen molar-refractivity contribution in [3.8, 4) is 11.5 Å². The van der Waals surface area contributed by atoms with Gasteiger partial charge in [0.1, 0.15) is 5.52 Å². The van der Waals surface area contributed by atoms with Crippen LogP contribution in [0.1, 0.15) is 6.92 Å². The predicted molar refractivity (Wildman–Crippen MR) is 91.6 cm³/mol. The Bertz CT molecular complexity index is 843. The van der Waals surface area contributed by atoms with Gasteiger partial charge < -0.3 is 15.1 Å². The molecule has 2 N–H and O–H groups in total. The van der Waals surface area contributed by atoms with E-state index in [4.69, 9.17) is 16.0 Å². The van der Waals surface area contributed by atoms with E-state index in [0.717, 1.165) is 5.56 Å². The van der Waals surface area contributed by atoms with Crippen molar-refractivity contribution < 1.29 is 9.21 Å². The Labute approximate surface area is 138 Å². The van der Waals surface area contributed by atoms with Gasteiger partial charge in [0.2, 0.25) is 11.8 Å². The molecule has 0 radical (unpaired) electrons. The van der Waals surface area contributed by atoms with E-state index in [1.54, 1.807) is 44.3 Å². The first-order chi connectivity index (χ1) is 11.1. The molecular formula is C17H16ClN3O2. The predicted octanol–water partition coefficient (Wildman–Crippen LogP) is 3.69. The lowest BCUT2D eigenvalue weighted by Gasteiger charge is -2.10. The number of oxazole rings is 1. The van der Waals surface area contributed by atoms with Crippen molar-refractivity contribution in [1.29, 1.82) is 0 Å². The lowest BCUT2D eigenvalue weighted by molar-refractivity contribution is -0.117. The van der Waals surface area contributed by atoms with Gasteiger partial charge in [-0.3, -0.25) is 4.79 Å². The van der Waals surface area contributed by atoms with E-state index in [2.05, 4.69) is 15.6 Å². The summed E-state index contributed by atoms with van der Waals surface area (Å²) in [5.74, 6) is 0.414. The first kappa shape index (κ1) is 15.5. The summed E-state index contributed by atoms with van der Waals surface area (Å²) >= 11 is 5.89. The topological polar surface area (TPSA) is 67.2 Å². The molecule has 1 heterocycles. The summed E-state index contributed by atoms with van der Waals surface area (Å²) in [6.07, 6.45) is 0. The Morgan fingerprint density at radius 3 is 2.65 bits per heavy atom. The molecule has 0 spiro atoms. The fourth-order valence-corrected chi connectivity index (χ4v) is 2.23. The van der Waals surface area contributed by atoms with Crippen molar-refractivity contribution >= 4 is 34.3 Å². The van der Waals surface area contributed by atoms with Crippen molar-refractivity contribution in [2.75, 3.05) is 12.4 Å². The second-order valence-corrected chi connectivity index (χ2v) is 5.64. The summed E-state index contributed by atoms with van der Waals surface area (Å²) in [6.45, 7) is 1.79. The number of hydrogen-bond acceptors (Lipinski definition) is 4. The van der Waals surface area contributed by atoms with E-state index in [1.807, 2.05) is 12.1 Å². The van der Waals surface area contributed by atoms with Gasteiger partial charge in [0.15, 0.2) is 5.58 Å². The third-order valence-corrected chi connectivity index (χ3v) is 3.82. The van der Waals surface area contributed by atoms with Gasteiger partial charge in [-0.15, -0.1) is 0 Å². The average molecular weight is 330 g/mol. The molecule has 1 amide bonds.